The van der Waals surface area contributed by atoms with Crippen LogP contribution in [0.4, 0.5) is 4.39 Å². The number of nitrogens with zero attached hydrogens (tertiary/aromatic N) is 1. The van der Waals surface area contributed by atoms with E-state index in [1.165, 1.54) is 18.9 Å². The van der Waals surface area contributed by atoms with Gasteiger partial charge in [-0.15, -0.1) is 0 Å². The highest BCUT2D eigenvalue weighted by Gasteiger charge is 2.19. The van der Waals surface area contributed by atoms with Crippen LogP contribution in [0.25, 0.3) is 0 Å². The summed E-state index contributed by atoms with van der Waals surface area (Å²) in [6.45, 7) is 5.01. The molecule has 0 radical (unpaired) electrons. The number of rotatable bonds is 5. The van der Waals surface area contributed by atoms with E-state index in [1.54, 1.807) is 18.2 Å². The maximum atomic E-state index is 13.3. The van der Waals surface area contributed by atoms with Gasteiger partial charge in [0, 0.05) is 13.1 Å². The predicted molar refractivity (Wildman–Crippen MR) is 72.7 cm³/mol. The third kappa shape index (κ3) is 4.48. The van der Waals surface area contributed by atoms with Crippen LogP contribution in [0, 0.1) is 11.7 Å². The van der Waals surface area contributed by atoms with Crippen molar-refractivity contribution in [3.63, 3.8) is 0 Å². The Kier molecular flexibility index (Phi) is 5.16. The summed E-state index contributed by atoms with van der Waals surface area (Å²) in [5, 5.41) is 9.95. The van der Waals surface area contributed by atoms with Gasteiger partial charge >= 0.3 is 0 Å². The number of halogens is 1. The molecule has 0 saturated carbocycles. The molecule has 2 atom stereocenters. The molecule has 4 heteroatoms. The molecule has 1 saturated heterocycles. The lowest BCUT2D eigenvalue weighted by atomic mass is 10.0. The number of para-hydroxylation sites is 1. The minimum Gasteiger partial charge on any atom is -0.488 e. The average Bonchev–Trinajstić information content (AvgIpc) is 2.38. The molecule has 106 valence electrons. The SMILES string of the molecule is C[C@H]1CCCN(C[C@@H](O)COc2ccccc2F)C1. The molecular formula is C15H22FNO2. The van der Waals surface area contributed by atoms with Crippen molar-refractivity contribution >= 4 is 0 Å². The lowest BCUT2D eigenvalue weighted by Crippen LogP contribution is -2.41. The summed E-state index contributed by atoms with van der Waals surface area (Å²) >= 11 is 0. The topological polar surface area (TPSA) is 32.7 Å². The summed E-state index contributed by atoms with van der Waals surface area (Å²) in [6.07, 6.45) is 1.87. The Morgan fingerprint density at radius 3 is 3.00 bits per heavy atom. The molecule has 1 aromatic rings. The molecule has 1 fully saturated rings. The standard InChI is InChI=1S/C15H22FNO2/c1-12-5-4-8-17(9-12)10-13(18)11-19-15-7-3-2-6-14(15)16/h2-3,6-7,12-13,18H,4-5,8-11H2,1H3/t12-,13+/m0/s1. The van der Waals surface area contributed by atoms with Crippen LogP contribution < -0.4 is 4.74 Å². The zero-order valence-electron chi connectivity index (χ0n) is 11.4. The minimum atomic E-state index is -0.579. The van der Waals surface area contributed by atoms with Crippen molar-refractivity contribution in [1.82, 2.24) is 4.90 Å². The Balaban J connectivity index is 1.75. The lowest BCUT2D eigenvalue weighted by molar-refractivity contribution is 0.0526. The Bertz CT molecular complexity index is 399. The molecule has 1 aromatic carbocycles. The number of likely N-dealkylation sites (tertiary alicyclic amines) is 1. The van der Waals surface area contributed by atoms with Crippen molar-refractivity contribution in [3.05, 3.63) is 30.1 Å². The first-order valence-electron chi connectivity index (χ1n) is 6.93. The first-order valence-corrected chi connectivity index (χ1v) is 6.93. The molecule has 1 aliphatic rings. The van der Waals surface area contributed by atoms with E-state index >= 15 is 0 Å². The summed E-state index contributed by atoms with van der Waals surface area (Å²) in [5.74, 6) is 0.503. The van der Waals surface area contributed by atoms with Crippen LogP contribution in [0.15, 0.2) is 24.3 Å². The fourth-order valence-electron chi connectivity index (χ4n) is 2.55. The van der Waals surface area contributed by atoms with E-state index in [4.69, 9.17) is 4.74 Å². The van der Waals surface area contributed by atoms with Gasteiger partial charge in [-0.3, -0.25) is 0 Å². The van der Waals surface area contributed by atoms with Crippen molar-refractivity contribution in [1.29, 1.82) is 0 Å². The first-order chi connectivity index (χ1) is 9.15. The van der Waals surface area contributed by atoms with Crippen LogP contribution in [0.5, 0.6) is 5.75 Å². The van der Waals surface area contributed by atoms with Crippen molar-refractivity contribution in [2.24, 2.45) is 5.92 Å². The largest absolute Gasteiger partial charge is 0.488 e. The molecule has 0 bridgehead atoms. The second-order valence-corrected chi connectivity index (χ2v) is 5.40. The number of ether oxygens (including phenoxy) is 1. The van der Waals surface area contributed by atoms with Gasteiger partial charge in [0.2, 0.25) is 0 Å². The molecule has 0 amide bonds. The molecule has 0 aromatic heterocycles. The summed E-state index contributed by atoms with van der Waals surface area (Å²) in [4.78, 5) is 2.25. The fraction of sp³-hybridized carbons (Fsp3) is 0.600. The Hall–Kier alpha value is -1.13. The number of benzene rings is 1. The van der Waals surface area contributed by atoms with Crippen LogP contribution in [-0.2, 0) is 0 Å². The van der Waals surface area contributed by atoms with E-state index in [0.29, 0.717) is 12.5 Å². The summed E-state index contributed by atoms with van der Waals surface area (Å²) in [5.41, 5.74) is 0. The zero-order chi connectivity index (χ0) is 13.7. The second-order valence-electron chi connectivity index (χ2n) is 5.40. The van der Waals surface area contributed by atoms with Gasteiger partial charge < -0.3 is 14.7 Å². The van der Waals surface area contributed by atoms with Crippen molar-refractivity contribution in [3.8, 4) is 5.75 Å². The van der Waals surface area contributed by atoms with Gasteiger partial charge in [-0.05, 0) is 37.4 Å². The van der Waals surface area contributed by atoms with E-state index in [9.17, 15) is 9.50 Å². The third-order valence-electron chi connectivity index (χ3n) is 3.48. The van der Waals surface area contributed by atoms with Gasteiger partial charge in [-0.25, -0.2) is 4.39 Å². The van der Waals surface area contributed by atoms with Gasteiger partial charge in [-0.1, -0.05) is 19.1 Å². The van der Waals surface area contributed by atoms with Crippen molar-refractivity contribution in [2.75, 3.05) is 26.2 Å². The molecule has 0 aliphatic carbocycles. The number of piperidine rings is 1. The van der Waals surface area contributed by atoms with Gasteiger partial charge in [0.05, 0.1) is 0 Å². The number of β-amino-alcohol motifs (C(OH)–C–C–N with tert-alkyl or cyclic N) is 1. The van der Waals surface area contributed by atoms with Gasteiger partial charge in [0.1, 0.15) is 12.7 Å². The fourth-order valence-corrected chi connectivity index (χ4v) is 2.55. The molecule has 3 nitrogen and oxygen atoms in total. The van der Waals surface area contributed by atoms with Crippen LogP contribution in [0.1, 0.15) is 19.8 Å². The normalized spacial score (nSPS) is 22.2. The highest BCUT2D eigenvalue weighted by atomic mass is 19.1. The van der Waals surface area contributed by atoms with Crippen LogP contribution >= 0.6 is 0 Å². The van der Waals surface area contributed by atoms with Crippen LogP contribution in [-0.4, -0.2) is 42.4 Å². The van der Waals surface area contributed by atoms with E-state index in [2.05, 4.69) is 11.8 Å². The highest BCUT2D eigenvalue weighted by molar-refractivity contribution is 5.23. The zero-order valence-corrected chi connectivity index (χ0v) is 11.4. The minimum absolute atomic E-state index is 0.131. The first kappa shape index (κ1) is 14.3. The van der Waals surface area contributed by atoms with Crippen molar-refractivity contribution < 1.29 is 14.2 Å². The van der Waals surface area contributed by atoms with Gasteiger partial charge in [-0.2, -0.15) is 0 Å². The third-order valence-corrected chi connectivity index (χ3v) is 3.48. The van der Waals surface area contributed by atoms with Crippen molar-refractivity contribution in [2.45, 2.75) is 25.9 Å². The quantitative estimate of drug-likeness (QED) is 0.888. The maximum absolute atomic E-state index is 13.3. The summed E-state index contributed by atoms with van der Waals surface area (Å²) in [7, 11) is 0. The number of hydrogen-bond donors (Lipinski definition) is 1. The van der Waals surface area contributed by atoms with Crippen LogP contribution in [0.2, 0.25) is 0 Å². The summed E-state index contributed by atoms with van der Waals surface area (Å²) in [6, 6.07) is 6.27. The molecular weight excluding hydrogens is 245 g/mol. The second kappa shape index (κ2) is 6.87. The van der Waals surface area contributed by atoms with Gasteiger partial charge in [0.25, 0.3) is 0 Å². The van der Waals surface area contributed by atoms with E-state index in [1.807, 2.05) is 0 Å². The lowest BCUT2D eigenvalue weighted by Gasteiger charge is -2.32. The number of aliphatic hydroxyl groups excluding tert-OH is 1. The Morgan fingerprint density at radius 2 is 2.26 bits per heavy atom. The average molecular weight is 267 g/mol. The van der Waals surface area contributed by atoms with E-state index in [0.717, 1.165) is 13.1 Å². The monoisotopic (exact) mass is 267 g/mol. The molecule has 0 unspecified atom stereocenters. The molecule has 0 spiro atoms. The predicted octanol–water partition coefficient (Wildman–Crippen LogP) is 2.30. The molecule has 2 rings (SSSR count). The van der Waals surface area contributed by atoms with E-state index < -0.39 is 6.10 Å². The summed E-state index contributed by atoms with van der Waals surface area (Å²) < 4.78 is 18.6. The van der Waals surface area contributed by atoms with Crippen LogP contribution in [0.3, 0.4) is 0 Å². The maximum Gasteiger partial charge on any atom is 0.165 e. The molecule has 1 aliphatic heterocycles. The molecule has 19 heavy (non-hydrogen) atoms. The van der Waals surface area contributed by atoms with Gasteiger partial charge in [0.15, 0.2) is 11.6 Å². The number of hydrogen-bond acceptors (Lipinski definition) is 3. The Morgan fingerprint density at radius 1 is 1.47 bits per heavy atom. The highest BCUT2D eigenvalue weighted by Crippen LogP contribution is 2.17. The van der Waals surface area contributed by atoms with E-state index in [-0.39, 0.29) is 18.2 Å². The molecule has 1 heterocycles. The molecule has 1 N–H and O–H groups in total. The number of aliphatic hydroxyl groups is 1. The Labute approximate surface area is 114 Å². The smallest absolute Gasteiger partial charge is 0.165 e.